The van der Waals surface area contributed by atoms with Crippen LogP contribution in [0.15, 0.2) is 10.8 Å². The first kappa shape index (κ1) is 13.1. The minimum absolute atomic E-state index is 0.103. The summed E-state index contributed by atoms with van der Waals surface area (Å²) in [5.74, 6) is 0.732. The number of aliphatic hydroxyl groups is 1. The largest absolute Gasteiger partial charge is 0.391 e. The van der Waals surface area contributed by atoms with E-state index in [1.54, 1.807) is 0 Å². The minimum Gasteiger partial charge on any atom is -0.391 e. The minimum atomic E-state index is -0.297. The molecular formula is C11H15BrClN3O. The van der Waals surface area contributed by atoms with Gasteiger partial charge in [0, 0.05) is 7.05 Å². The Bertz CT molecular complexity index is 404. The quantitative estimate of drug-likeness (QED) is 0.851. The molecule has 2 unspecified atom stereocenters. The second-order valence-corrected chi connectivity index (χ2v) is 5.48. The van der Waals surface area contributed by atoms with Gasteiger partial charge in [0.1, 0.15) is 17.3 Å². The maximum absolute atomic E-state index is 10.0. The third-order valence-electron chi connectivity index (χ3n) is 3.25. The number of aromatic nitrogens is 2. The maximum atomic E-state index is 10.0. The molecule has 0 bridgehead atoms. The molecule has 0 saturated heterocycles. The van der Waals surface area contributed by atoms with Crippen molar-refractivity contribution in [2.45, 2.75) is 37.8 Å². The summed E-state index contributed by atoms with van der Waals surface area (Å²) in [4.78, 5) is 10.1. The number of anilines is 1. The molecule has 1 N–H and O–H groups in total. The molecule has 1 fully saturated rings. The van der Waals surface area contributed by atoms with E-state index in [0.717, 1.165) is 31.5 Å². The fourth-order valence-corrected chi connectivity index (χ4v) is 2.90. The first-order valence-corrected chi connectivity index (χ1v) is 6.85. The summed E-state index contributed by atoms with van der Waals surface area (Å²) >= 11 is 9.33. The molecule has 0 spiro atoms. The summed E-state index contributed by atoms with van der Waals surface area (Å²) in [7, 11) is 1.93. The molecule has 1 aliphatic rings. The number of likely N-dealkylation sites (N-methyl/N-ethyl adjacent to an activating group) is 1. The van der Waals surface area contributed by atoms with Crippen LogP contribution in [0.25, 0.3) is 0 Å². The molecule has 94 valence electrons. The molecule has 0 radical (unpaired) electrons. The number of hydrogen-bond donors (Lipinski definition) is 1. The molecule has 6 heteroatoms. The van der Waals surface area contributed by atoms with Crippen LogP contribution in [0.1, 0.15) is 25.7 Å². The molecule has 1 aromatic heterocycles. The topological polar surface area (TPSA) is 49.2 Å². The van der Waals surface area contributed by atoms with Gasteiger partial charge < -0.3 is 10.0 Å². The van der Waals surface area contributed by atoms with Gasteiger partial charge >= 0.3 is 0 Å². The molecule has 2 rings (SSSR count). The van der Waals surface area contributed by atoms with E-state index in [0.29, 0.717) is 9.63 Å². The zero-order valence-corrected chi connectivity index (χ0v) is 11.9. The fourth-order valence-electron chi connectivity index (χ4n) is 2.29. The summed E-state index contributed by atoms with van der Waals surface area (Å²) in [5, 5.41) is 10.4. The van der Waals surface area contributed by atoms with Crippen LogP contribution >= 0.6 is 27.5 Å². The fraction of sp³-hybridized carbons (Fsp3) is 0.636. The predicted molar refractivity (Wildman–Crippen MR) is 71.4 cm³/mol. The van der Waals surface area contributed by atoms with Crippen molar-refractivity contribution < 1.29 is 5.11 Å². The average Bonchev–Trinajstić information content (AvgIpc) is 2.32. The van der Waals surface area contributed by atoms with Gasteiger partial charge in [-0.15, -0.1) is 0 Å². The van der Waals surface area contributed by atoms with Crippen molar-refractivity contribution in [2.24, 2.45) is 0 Å². The lowest BCUT2D eigenvalue weighted by molar-refractivity contribution is 0.106. The summed E-state index contributed by atoms with van der Waals surface area (Å²) in [6.07, 6.45) is 5.21. The van der Waals surface area contributed by atoms with Crippen molar-refractivity contribution in [2.75, 3.05) is 11.9 Å². The highest BCUT2D eigenvalue weighted by Crippen LogP contribution is 2.32. The van der Waals surface area contributed by atoms with Gasteiger partial charge in [0.15, 0.2) is 0 Å². The van der Waals surface area contributed by atoms with Crippen LogP contribution in [0.4, 0.5) is 5.82 Å². The lowest BCUT2D eigenvalue weighted by Gasteiger charge is -2.36. The van der Waals surface area contributed by atoms with Crippen LogP contribution in [0.3, 0.4) is 0 Å². The highest BCUT2D eigenvalue weighted by molar-refractivity contribution is 9.10. The van der Waals surface area contributed by atoms with E-state index < -0.39 is 0 Å². The Balaban J connectivity index is 2.23. The van der Waals surface area contributed by atoms with Crippen molar-refractivity contribution >= 4 is 33.3 Å². The second-order valence-electron chi connectivity index (χ2n) is 4.33. The van der Waals surface area contributed by atoms with Gasteiger partial charge in [0.25, 0.3) is 0 Å². The summed E-state index contributed by atoms with van der Waals surface area (Å²) in [6.45, 7) is 0. The van der Waals surface area contributed by atoms with Crippen LogP contribution in [-0.2, 0) is 0 Å². The van der Waals surface area contributed by atoms with E-state index in [1.807, 2.05) is 11.9 Å². The second kappa shape index (κ2) is 5.50. The number of rotatable bonds is 2. The highest BCUT2D eigenvalue weighted by Gasteiger charge is 2.28. The lowest BCUT2D eigenvalue weighted by atomic mass is 9.91. The Morgan fingerprint density at radius 2 is 2.12 bits per heavy atom. The van der Waals surface area contributed by atoms with Gasteiger partial charge in [-0.25, -0.2) is 9.97 Å². The van der Waals surface area contributed by atoms with Crippen LogP contribution in [0.5, 0.6) is 0 Å². The summed E-state index contributed by atoms with van der Waals surface area (Å²) < 4.78 is 0.682. The Morgan fingerprint density at radius 3 is 2.82 bits per heavy atom. The van der Waals surface area contributed by atoms with E-state index in [9.17, 15) is 5.11 Å². The van der Waals surface area contributed by atoms with Crippen LogP contribution in [0.2, 0.25) is 5.15 Å². The summed E-state index contributed by atoms with van der Waals surface area (Å²) in [6, 6.07) is 0.103. The zero-order valence-electron chi connectivity index (χ0n) is 9.61. The number of nitrogens with zero attached hydrogens (tertiary/aromatic N) is 3. The zero-order chi connectivity index (χ0) is 12.4. The Morgan fingerprint density at radius 1 is 1.41 bits per heavy atom. The molecule has 1 aliphatic carbocycles. The average molecular weight is 321 g/mol. The molecule has 1 heterocycles. The van der Waals surface area contributed by atoms with Crippen LogP contribution < -0.4 is 4.90 Å². The first-order valence-electron chi connectivity index (χ1n) is 5.68. The normalized spacial score (nSPS) is 24.7. The highest BCUT2D eigenvalue weighted by atomic mass is 79.9. The third-order valence-corrected chi connectivity index (χ3v) is 4.50. The van der Waals surface area contributed by atoms with Gasteiger partial charge in [0.2, 0.25) is 0 Å². The number of aliphatic hydroxyl groups excluding tert-OH is 1. The van der Waals surface area contributed by atoms with Crippen molar-refractivity contribution in [3.63, 3.8) is 0 Å². The van der Waals surface area contributed by atoms with E-state index >= 15 is 0 Å². The van der Waals surface area contributed by atoms with E-state index in [1.165, 1.54) is 6.33 Å². The van der Waals surface area contributed by atoms with Crippen molar-refractivity contribution in [1.29, 1.82) is 0 Å². The molecule has 4 nitrogen and oxygen atoms in total. The van der Waals surface area contributed by atoms with Gasteiger partial charge in [0.05, 0.1) is 16.6 Å². The van der Waals surface area contributed by atoms with Crippen molar-refractivity contribution in [3.8, 4) is 0 Å². The van der Waals surface area contributed by atoms with Gasteiger partial charge in [-0.05, 0) is 28.8 Å². The molecule has 1 saturated carbocycles. The van der Waals surface area contributed by atoms with Crippen LogP contribution in [-0.4, -0.2) is 34.3 Å². The van der Waals surface area contributed by atoms with E-state index in [4.69, 9.17) is 11.6 Å². The van der Waals surface area contributed by atoms with E-state index in [-0.39, 0.29) is 12.1 Å². The lowest BCUT2D eigenvalue weighted by Crippen LogP contribution is -2.44. The van der Waals surface area contributed by atoms with Gasteiger partial charge in [-0.3, -0.25) is 0 Å². The van der Waals surface area contributed by atoms with Gasteiger partial charge in [-0.2, -0.15) is 0 Å². The Kier molecular flexibility index (Phi) is 4.22. The molecular weight excluding hydrogens is 305 g/mol. The maximum Gasteiger partial charge on any atom is 0.148 e. The number of halogens is 2. The third kappa shape index (κ3) is 2.72. The van der Waals surface area contributed by atoms with Crippen molar-refractivity contribution in [1.82, 2.24) is 9.97 Å². The molecule has 2 atom stereocenters. The SMILES string of the molecule is CN(c1ncnc(Cl)c1Br)C1CCCCC1O. The Labute approximate surface area is 114 Å². The first-order chi connectivity index (χ1) is 8.11. The van der Waals surface area contributed by atoms with Gasteiger partial charge in [-0.1, -0.05) is 24.4 Å². The van der Waals surface area contributed by atoms with Crippen LogP contribution in [0, 0.1) is 0 Å². The van der Waals surface area contributed by atoms with Crippen molar-refractivity contribution in [3.05, 3.63) is 16.0 Å². The molecule has 1 aromatic rings. The smallest absolute Gasteiger partial charge is 0.148 e. The standard InChI is InChI=1S/C11H15BrClN3O/c1-16(7-4-2-3-5-8(7)17)11-9(12)10(13)14-6-15-11/h6-8,17H,2-5H2,1H3. The molecule has 0 aromatic carbocycles. The summed E-state index contributed by atoms with van der Waals surface area (Å²) in [5.41, 5.74) is 0. The molecule has 17 heavy (non-hydrogen) atoms. The number of hydrogen-bond acceptors (Lipinski definition) is 4. The molecule has 0 aliphatic heterocycles. The molecule has 0 amide bonds. The monoisotopic (exact) mass is 319 g/mol. The predicted octanol–water partition coefficient (Wildman–Crippen LogP) is 2.63. The van der Waals surface area contributed by atoms with E-state index in [2.05, 4.69) is 25.9 Å². The Hall–Kier alpha value is -0.390.